The average Bonchev–Trinajstić information content (AvgIpc) is 3.18. The zero-order chi connectivity index (χ0) is 19.8. The van der Waals surface area contributed by atoms with Gasteiger partial charge in [-0.1, -0.05) is 6.07 Å². The first-order valence-electron chi connectivity index (χ1n) is 9.00. The summed E-state index contributed by atoms with van der Waals surface area (Å²) >= 11 is 1.61. The molecule has 1 saturated heterocycles. The SMILES string of the molecule is Cc1cc(C(=O)N2CSCC2C(=O)NC(C)(C)C)c(C)n1-c1ccccn1. The Morgan fingerprint density at radius 3 is 2.63 bits per heavy atom. The molecule has 0 aromatic carbocycles. The number of amides is 2. The van der Waals surface area contributed by atoms with Gasteiger partial charge in [0.15, 0.2) is 0 Å². The number of pyridine rings is 1. The van der Waals surface area contributed by atoms with Crippen molar-refractivity contribution in [3.8, 4) is 5.82 Å². The second kappa shape index (κ2) is 7.38. The topological polar surface area (TPSA) is 67.2 Å². The summed E-state index contributed by atoms with van der Waals surface area (Å²) in [5.74, 6) is 1.72. The number of hydrogen-bond acceptors (Lipinski definition) is 4. The lowest BCUT2D eigenvalue weighted by Crippen LogP contribution is -2.52. The number of aryl methyl sites for hydroxylation is 1. The Morgan fingerprint density at radius 2 is 2.00 bits per heavy atom. The summed E-state index contributed by atoms with van der Waals surface area (Å²) in [5.41, 5.74) is 2.07. The zero-order valence-corrected chi connectivity index (χ0v) is 17.3. The van der Waals surface area contributed by atoms with Crippen molar-refractivity contribution in [2.24, 2.45) is 0 Å². The number of aromatic nitrogens is 2. The molecule has 144 valence electrons. The van der Waals surface area contributed by atoms with Crippen molar-refractivity contribution in [1.29, 1.82) is 0 Å². The Labute approximate surface area is 164 Å². The summed E-state index contributed by atoms with van der Waals surface area (Å²) in [5, 5.41) is 2.99. The number of nitrogens with zero attached hydrogens (tertiary/aromatic N) is 3. The normalized spacial score (nSPS) is 17.2. The van der Waals surface area contributed by atoms with Crippen molar-refractivity contribution >= 4 is 23.6 Å². The van der Waals surface area contributed by atoms with Crippen LogP contribution in [0.15, 0.2) is 30.5 Å². The highest BCUT2D eigenvalue weighted by Crippen LogP contribution is 2.27. The van der Waals surface area contributed by atoms with Crippen molar-refractivity contribution in [3.63, 3.8) is 0 Å². The molecule has 27 heavy (non-hydrogen) atoms. The van der Waals surface area contributed by atoms with E-state index < -0.39 is 6.04 Å². The molecule has 0 bridgehead atoms. The van der Waals surface area contributed by atoms with Crippen LogP contribution in [0.3, 0.4) is 0 Å². The third-order valence-corrected chi connectivity index (χ3v) is 5.50. The molecule has 0 radical (unpaired) electrons. The van der Waals surface area contributed by atoms with E-state index in [2.05, 4.69) is 10.3 Å². The Bertz CT molecular complexity index is 855. The van der Waals surface area contributed by atoms with Crippen LogP contribution in [0.1, 0.15) is 42.5 Å². The van der Waals surface area contributed by atoms with Gasteiger partial charge in [-0.25, -0.2) is 4.98 Å². The molecule has 2 amide bonds. The smallest absolute Gasteiger partial charge is 0.257 e. The van der Waals surface area contributed by atoms with Crippen LogP contribution in [0.5, 0.6) is 0 Å². The maximum absolute atomic E-state index is 13.2. The van der Waals surface area contributed by atoms with E-state index in [4.69, 9.17) is 0 Å². The van der Waals surface area contributed by atoms with Crippen LogP contribution in [-0.2, 0) is 4.79 Å². The fraction of sp³-hybridized carbons (Fsp3) is 0.450. The molecule has 7 heteroatoms. The van der Waals surface area contributed by atoms with Gasteiger partial charge in [0.05, 0.1) is 11.4 Å². The molecule has 2 aromatic rings. The molecular formula is C20H26N4O2S. The minimum atomic E-state index is -0.445. The van der Waals surface area contributed by atoms with Crippen LogP contribution < -0.4 is 5.32 Å². The van der Waals surface area contributed by atoms with Gasteiger partial charge in [0.25, 0.3) is 5.91 Å². The summed E-state index contributed by atoms with van der Waals surface area (Å²) < 4.78 is 1.97. The van der Waals surface area contributed by atoms with E-state index in [9.17, 15) is 9.59 Å². The Kier molecular flexibility index (Phi) is 5.33. The van der Waals surface area contributed by atoms with Crippen LogP contribution in [0.2, 0.25) is 0 Å². The second-order valence-electron chi connectivity index (χ2n) is 7.84. The van der Waals surface area contributed by atoms with Gasteiger partial charge in [0.1, 0.15) is 11.9 Å². The number of hydrogen-bond donors (Lipinski definition) is 1. The van der Waals surface area contributed by atoms with Crippen molar-refractivity contribution in [2.75, 3.05) is 11.6 Å². The molecule has 3 rings (SSSR count). The molecule has 2 aromatic heterocycles. The zero-order valence-electron chi connectivity index (χ0n) is 16.4. The summed E-state index contributed by atoms with van der Waals surface area (Å²) in [7, 11) is 0. The van der Waals surface area contributed by atoms with Crippen molar-refractivity contribution in [1.82, 2.24) is 19.8 Å². The maximum Gasteiger partial charge on any atom is 0.257 e. The van der Waals surface area contributed by atoms with Crippen molar-refractivity contribution in [3.05, 3.63) is 47.4 Å². The van der Waals surface area contributed by atoms with Crippen LogP contribution in [0, 0.1) is 13.8 Å². The van der Waals surface area contributed by atoms with E-state index >= 15 is 0 Å². The van der Waals surface area contributed by atoms with Gasteiger partial charge in [0, 0.05) is 28.9 Å². The highest BCUT2D eigenvalue weighted by molar-refractivity contribution is 7.99. The van der Waals surface area contributed by atoms with Gasteiger partial charge in [-0.15, -0.1) is 11.8 Å². The van der Waals surface area contributed by atoms with E-state index in [1.54, 1.807) is 22.9 Å². The quantitative estimate of drug-likeness (QED) is 0.881. The van der Waals surface area contributed by atoms with Crippen LogP contribution in [0.25, 0.3) is 5.82 Å². The van der Waals surface area contributed by atoms with E-state index in [1.807, 2.05) is 63.5 Å². The molecule has 1 fully saturated rings. The first-order valence-corrected chi connectivity index (χ1v) is 10.2. The third-order valence-electron chi connectivity index (χ3n) is 4.48. The van der Waals surface area contributed by atoms with Crippen molar-refractivity contribution < 1.29 is 9.59 Å². The lowest BCUT2D eigenvalue weighted by atomic mass is 10.1. The molecule has 0 aliphatic carbocycles. The van der Waals surface area contributed by atoms with Crippen LogP contribution >= 0.6 is 11.8 Å². The van der Waals surface area contributed by atoms with E-state index in [0.29, 0.717) is 17.2 Å². The van der Waals surface area contributed by atoms with Gasteiger partial charge < -0.3 is 14.8 Å². The number of rotatable bonds is 3. The largest absolute Gasteiger partial charge is 0.350 e. The summed E-state index contributed by atoms with van der Waals surface area (Å²) in [6.07, 6.45) is 1.74. The maximum atomic E-state index is 13.2. The van der Waals surface area contributed by atoms with Gasteiger partial charge in [0.2, 0.25) is 5.91 Å². The minimum absolute atomic E-state index is 0.0978. The van der Waals surface area contributed by atoms with Gasteiger partial charge in [-0.3, -0.25) is 9.59 Å². The van der Waals surface area contributed by atoms with Crippen LogP contribution in [-0.4, -0.2) is 49.5 Å². The van der Waals surface area contributed by atoms with Gasteiger partial charge in [-0.2, -0.15) is 0 Å². The predicted molar refractivity (Wildman–Crippen MR) is 108 cm³/mol. The Hall–Kier alpha value is -2.28. The van der Waals surface area contributed by atoms with E-state index in [0.717, 1.165) is 17.2 Å². The van der Waals surface area contributed by atoms with Crippen molar-refractivity contribution in [2.45, 2.75) is 46.2 Å². The number of carbonyl (C=O) groups excluding carboxylic acids is 2. The monoisotopic (exact) mass is 386 g/mol. The minimum Gasteiger partial charge on any atom is -0.350 e. The summed E-state index contributed by atoms with van der Waals surface area (Å²) in [4.78, 5) is 32.0. The molecule has 3 heterocycles. The third kappa shape index (κ3) is 4.03. The average molecular weight is 387 g/mol. The molecule has 0 saturated carbocycles. The lowest BCUT2D eigenvalue weighted by Gasteiger charge is -2.27. The standard InChI is InChI=1S/C20H26N4O2S/c1-13-10-15(14(2)24(13)17-8-6-7-9-21-17)19(26)23-12-27-11-16(23)18(25)22-20(3,4)5/h6-10,16H,11-12H2,1-5H3,(H,22,25). The van der Waals surface area contributed by atoms with Crippen LogP contribution in [0.4, 0.5) is 0 Å². The molecule has 1 N–H and O–H groups in total. The molecule has 0 spiro atoms. The fourth-order valence-corrected chi connectivity index (χ4v) is 4.44. The molecule has 1 atom stereocenters. The van der Waals surface area contributed by atoms with E-state index in [1.165, 1.54) is 0 Å². The number of carbonyl (C=O) groups is 2. The highest BCUT2D eigenvalue weighted by atomic mass is 32.2. The van der Waals surface area contributed by atoms with Gasteiger partial charge >= 0.3 is 0 Å². The Balaban J connectivity index is 1.89. The van der Waals surface area contributed by atoms with Gasteiger partial charge in [-0.05, 0) is 52.8 Å². The first-order chi connectivity index (χ1) is 12.7. The number of nitrogens with one attached hydrogen (secondary N) is 1. The molecular weight excluding hydrogens is 360 g/mol. The highest BCUT2D eigenvalue weighted by Gasteiger charge is 2.37. The predicted octanol–water partition coefficient (Wildman–Crippen LogP) is 2.92. The summed E-state index contributed by atoms with van der Waals surface area (Å²) in [6.45, 7) is 9.71. The lowest BCUT2D eigenvalue weighted by molar-refractivity contribution is -0.125. The molecule has 1 aliphatic heterocycles. The molecule has 1 aliphatic rings. The first kappa shape index (κ1) is 19.5. The Morgan fingerprint density at radius 1 is 1.26 bits per heavy atom. The molecule has 6 nitrogen and oxygen atoms in total. The van der Waals surface area contributed by atoms with E-state index in [-0.39, 0.29) is 17.4 Å². The number of thioether (sulfide) groups is 1. The second-order valence-corrected chi connectivity index (χ2v) is 8.84. The molecule has 1 unspecified atom stereocenters. The fourth-order valence-electron chi connectivity index (χ4n) is 3.29. The summed E-state index contributed by atoms with van der Waals surface area (Å²) in [6, 6.07) is 7.14.